The lowest BCUT2D eigenvalue weighted by Crippen LogP contribution is -2.39. The molecule has 1 aromatic rings. The van der Waals surface area contributed by atoms with Crippen LogP contribution in [0.1, 0.15) is 83.7 Å². The lowest BCUT2D eigenvalue weighted by atomic mass is 9.71. The Labute approximate surface area is 185 Å². The van der Waals surface area contributed by atoms with Crippen LogP contribution >= 0.6 is 0 Å². The number of aryl methyl sites for hydroxylation is 1. The Morgan fingerprint density at radius 2 is 1.58 bits per heavy atom. The molecule has 1 N–H and O–H groups in total. The lowest BCUT2D eigenvalue weighted by molar-refractivity contribution is -0.163. The molecule has 0 spiro atoms. The Kier molecular flexibility index (Phi) is 7.26. The standard InChI is InChI=1S/C25H36O6/c1-14-12-17(23(28)22(25(7,8)9)21(14)24(4,5)6)18-10-11-19(30-16(3)27)20(31-18)13-29-15(2)26/h10-12,18-20,28H,13H2,1-9H3/t18-,19-,20+/m0/s1. The summed E-state index contributed by atoms with van der Waals surface area (Å²) in [4.78, 5) is 22.8. The van der Waals surface area contributed by atoms with E-state index in [1.165, 1.54) is 13.8 Å². The molecule has 0 radical (unpaired) electrons. The third-order valence-corrected chi connectivity index (χ3v) is 5.25. The van der Waals surface area contributed by atoms with E-state index in [-0.39, 0.29) is 23.2 Å². The van der Waals surface area contributed by atoms with E-state index in [0.29, 0.717) is 5.56 Å². The number of aromatic hydroxyl groups is 1. The monoisotopic (exact) mass is 432 g/mol. The van der Waals surface area contributed by atoms with Crippen molar-refractivity contribution in [2.45, 2.75) is 91.5 Å². The number of carbonyl (C=O) groups excluding carboxylic acids is 2. The minimum atomic E-state index is -0.678. The van der Waals surface area contributed by atoms with Crippen LogP contribution in [0, 0.1) is 6.92 Å². The van der Waals surface area contributed by atoms with E-state index in [0.717, 1.165) is 16.7 Å². The number of hydrogen-bond donors (Lipinski definition) is 1. The van der Waals surface area contributed by atoms with Gasteiger partial charge in [-0.3, -0.25) is 9.59 Å². The average Bonchev–Trinajstić information content (AvgIpc) is 2.59. The zero-order valence-corrected chi connectivity index (χ0v) is 20.2. The SMILES string of the molecule is CC(=O)OC[C@H]1O[C@H](c2cc(C)c(C(C)(C)C)c(C(C)(C)C)c2O)C=C[C@@H]1OC(C)=O. The molecule has 1 heterocycles. The van der Waals surface area contributed by atoms with Crippen LogP contribution < -0.4 is 0 Å². The van der Waals surface area contributed by atoms with Gasteiger partial charge < -0.3 is 19.3 Å². The summed E-state index contributed by atoms with van der Waals surface area (Å²) in [6.07, 6.45) is 1.58. The second-order valence-corrected chi connectivity index (χ2v) is 10.2. The largest absolute Gasteiger partial charge is 0.507 e. The quantitative estimate of drug-likeness (QED) is 0.544. The van der Waals surface area contributed by atoms with E-state index in [1.807, 2.05) is 13.0 Å². The highest BCUT2D eigenvalue weighted by atomic mass is 16.6. The number of phenolic OH excluding ortho intramolecular Hbond substituents is 1. The van der Waals surface area contributed by atoms with Gasteiger partial charge in [0.1, 0.15) is 30.7 Å². The second kappa shape index (κ2) is 9.03. The van der Waals surface area contributed by atoms with Gasteiger partial charge in [-0.15, -0.1) is 0 Å². The lowest BCUT2D eigenvalue weighted by Gasteiger charge is -2.36. The number of benzene rings is 1. The number of hydrogen-bond acceptors (Lipinski definition) is 6. The first-order valence-corrected chi connectivity index (χ1v) is 10.6. The van der Waals surface area contributed by atoms with Crippen molar-refractivity contribution in [2.24, 2.45) is 0 Å². The fourth-order valence-corrected chi connectivity index (χ4v) is 4.21. The minimum absolute atomic E-state index is 0.0555. The first-order chi connectivity index (χ1) is 14.1. The third-order valence-electron chi connectivity index (χ3n) is 5.25. The average molecular weight is 433 g/mol. The fourth-order valence-electron chi connectivity index (χ4n) is 4.21. The Balaban J connectivity index is 2.56. The molecule has 0 saturated heterocycles. The van der Waals surface area contributed by atoms with Gasteiger partial charge in [0.05, 0.1) is 0 Å². The van der Waals surface area contributed by atoms with Gasteiger partial charge in [-0.05, 0) is 41.0 Å². The number of esters is 2. The summed E-state index contributed by atoms with van der Waals surface area (Å²) in [6, 6.07) is 1.95. The van der Waals surface area contributed by atoms with E-state index in [9.17, 15) is 14.7 Å². The Bertz CT molecular complexity index is 869. The molecule has 0 saturated carbocycles. The van der Waals surface area contributed by atoms with Crippen molar-refractivity contribution in [2.75, 3.05) is 6.61 Å². The molecule has 0 aromatic heterocycles. The smallest absolute Gasteiger partial charge is 0.303 e. The summed E-state index contributed by atoms with van der Waals surface area (Å²) in [7, 11) is 0. The normalized spacial score (nSPS) is 21.6. The molecule has 0 fully saturated rings. The molecule has 1 aliphatic heterocycles. The topological polar surface area (TPSA) is 82.1 Å². The molecular formula is C25H36O6. The Morgan fingerprint density at radius 3 is 2.06 bits per heavy atom. The highest BCUT2D eigenvalue weighted by molar-refractivity contribution is 5.67. The van der Waals surface area contributed by atoms with Crippen molar-refractivity contribution in [1.82, 2.24) is 0 Å². The third kappa shape index (κ3) is 5.88. The minimum Gasteiger partial charge on any atom is -0.507 e. The van der Waals surface area contributed by atoms with Gasteiger partial charge in [-0.2, -0.15) is 0 Å². The molecule has 6 heteroatoms. The van der Waals surface area contributed by atoms with Crippen molar-refractivity contribution in [1.29, 1.82) is 0 Å². The molecule has 1 aliphatic rings. The van der Waals surface area contributed by atoms with Crippen LogP contribution in [0.5, 0.6) is 5.75 Å². The van der Waals surface area contributed by atoms with Crippen molar-refractivity contribution in [3.8, 4) is 5.75 Å². The predicted molar refractivity (Wildman–Crippen MR) is 119 cm³/mol. The number of carbonyl (C=O) groups is 2. The maximum atomic E-state index is 11.5. The molecule has 172 valence electrons. The summed E-state index contributed by atoms with van der Waals surface area (Å²) < 4.78 is 16.6. The summed E-state index contributed by atoms with van der Waals surface area (Å²) in [5, 5.41) is 11.4. The summed E-state index contributed by atoms with van der Waals surface area (Å²) >= 11 is 0. The highest BCUT2D eigenvalue weighted by Gasteiger charge is 2.36. The molecule has 0 bridgehead atoms. The zero-order chi connectivity index (χ0) is 23.7. The van der Waals surface area contributed by atoms with Crippen molar-refractivity contribution in [3.05, 3.63) is 40.5 Å². The van der Waals surface area contributed by atoms with E-state index < -0.39 is 30.3 Å². The fraction of sp³-hybridized carbons (Fsp3) is 0.600. The Morgan fingerprint density at radius 1 is 1.00 bits per heavy atom. The van der Waals surface area contributed by atoms with Crippen LogP contribution in [0.4, 0.5) is 0 Å². The molecule has 6 nitrogen and oxygen atoms in total. The molecular weight excluding hydrogens is 396 g/mol. The van der Waals surface area contributed by atoms with Crippen molar-refractivity contribution >= 4 is 11.9 Å². The van der Waals surface area contributed by atoms with Gasteiger partial charge >= 0.3 is 11.9 Å². The van der Waals surface area contributed by atoms with E-state index in [2.05, 4.69) is 41.5 Å². The molecule has 2 rings (SSSR count). The van der Waals surface area contributed by atoms with E-state index in [4.69, 9.17) is 14.2 Å². The molecule has 31 heavy (non-hydrogen) atoms. The first kappa shape index (κ1) is 24.9. The van der Waals surface area contributed by atoms with Crippen LogP contribution in [0.2, 0.25) is 0 Å². The first-order valence-electron chi connectivity index (χ1n) is 10.6. The van der Waals surface area contributed by atoms with Gasteiger partial charge in [-0.25, -0.2) is 0 Å². The van der Waals surface area contributed by atoms with Crippen LogP contribution in [-0.4, -0.2) is 35.9 Å². The Hall–Kier alpha value is -2.34. The van der Waals surface area contributed by atoms with Crippen LogP contribution in [0.25, 0.3) is 0 Å². The highest BCUT2D eigenvalue weighted by Crippen LogP contribution is 2.46. The summed E-state index contributed by atoms with van der Waals surface area (Å²) in [6.45, 7) is 17.3. The number of rotatable bonds is 4. The number of phenols is 1. The summed E-state index contributed by atoms with van der Waals surface area (Å²) in [5.74, 6) is -0.692. The summed E-state index contributed by atoms with van der Waals surface area (Å²) in [5.41, 5.74) is 3.29. The zero-order valence-electron chi connectivity index (χ0n) is 20.2. The molecule has 0 unspecified atom stereocenters. The molecule has 3 atom stereocenters. The van der Waals surface area contributed by atoms with Crippen LogP contribution in [0.3, 0.4) is 0 Å². The maximum absolute atomic E-state index is 11.5. The van der Waals surface area contributed by atoms with E-state index >= 15 is 0 Å². The van der Waals surface area contributed by atoms with Gasteiger partial charge in [0.2, 0.25) is 0 Å². The van der Waals surface area contributed by atoms with Crippen molar-refractivity contribution in [3.63, 3.8) is 0 Å². The van der Waals surface area contributed by atoms with Gasteiger partial charge in [0.15, 0.2) is 0 Å². The van der Waals surface area contributed by atoms with Gasteiger partial charge in [0, 0.05) is 25.0 Å². The van der Waals surface area contributed by atoms with Gasteiger partial charge in [0.25, 0.3) is 0 Å². The molecule has 1 aromatic carbocycles. The molecule has 0 amide bonds. The van der Waals surface area contributed by atoms with Crippen LogP contribution in [0.15, 0.2) is 18.2 Å². The van der Waals surface area contributed by atoms with E-state index in [1.54, 1.807) is 12.2 Å². The number of ether oxygens (including phenoxy) is 3. The van der Waals surface area contributed by atoms with Crippen LogP contribution in [-0.2, 0) is 34.6 Å². The molecule has 0 aliphatic carbocycles. The van der Waals surface area contributed by atoms with Crippen molar-refractivity contribution < 1.29 is 28.9 Å². The van der Waals surface area contributed by atoms with Gasteiger partial charge in [-0.1, -0.05) is 47.6 Å². The maximum Gasteiger partial charge on any atom is 0.303 e. The predicted octanol–water partition coefficient (Wildman–Crippen LogP) is 4.79. The second-order valence-electron chi connectivity index (χ2n) is 10.2.